The molecule has 1 aromatic carbocycles. The number of rotatable bonds is 2. The number of nitrogens with zero attached hydrogens (tertiary/aromatic N) is 1. The third kappa shape index (κ3) is 2.57. The maximum atomic E-state index is 10.3. The summed E-state index contributed by atoms with van der Waals surface area (Å²) in [6.45, 7) is 6.24. The van der Waals surface area contributed by atoms with E-state index in [0.717, 1.165) is 5.56 Å². The second-order valence-corrected chi connectivity index (χ2v) is 4.38. The van der Waals surface area contributed by atoms with Crippen molar-refractivity contribution < 1.29 is 4.79 Å². The Bertz CT molecular complexity index is 411. The van der Waals surface area contributed by atoms with Crippen LogP contribution in [0.3, 0.4) is 0 Å². The lowest BCUT2D eigenvalue weighted by Gasteiger charge is -2.19. The van der Waals surface area contributed by atoms with E-state index in [0.29, 0.717) is 17.7 Å². The average Bonchev–Trinajstić information content (AvgIpc) is 2.17. The van der Waals surface area contributed by atoms with Crippen molar-refractivity contribution in [3.63, 3.8) is 0 Å². The minimum atomic E-state index is 0.00527. The molecule has 15 heavy (non-hydrogen) atoms. The first kappa shape index (κ1) is 11.3. The lowest BCUT2D eigenvalue weighted by molar-refractivity contribution is -0.105. The number of nitrogens with one attached hydrogen (secondary N) is 1. The zero-order valence-corrected chi connectivity index (χ0v) is 9.16. The van der Waals surface area contributed by atoms with Gasteiger partial charge in [-0.15, -0.1) is 0 Å². The van der Waals surface area contributed by atoms with Crippen LogP contribution in [0.5, 0.6) is 0 Å². The smallest absolute Gasteiger partial charge is 0.211 e. The van der Waals surface area contributed by atoms with Crippen LogP contribution in [0.2, 0.25) is 0 Å². The van der Waals surface area contributed by atoms with E-state index in [9.17, 15) is 4.79 Å². The van der Waals surface area contributed by atoms with Crippen LogP contribution in [0, 0.1) is 11.3 Å². The minimum Gasteiger partial charge on any atom is -0.328 e. The predicted molar refractivity (Wildman–Crippen MR) is 59.5 cm³/mol. The van der Waals surface area contributed by atoms with Gasteiger partial charge in [0.05, 0.1) is 11.3 Å². The highest BCUT2D eigenvalue weighted by Crippen LogP contribution is 2.26. The maximum absolute atomic E-state index is 10.3. The number of carbonyl (C=O) groups is 1. The fourth-order valence-corrected chi connectivity index (χ4v) is 1.29. The fraction of sp³-hybridized carbons (Fsp3) is 0.333. The summed E-state index contributed by atoms with van der Waals surface area (Å²) in [6.07, 6.45) is 0.576. The molecule has 0 atom stereocenters. The van der Waals surface area contributed by atoms with Gasteiger partial charge in [0, 0.05) is 0 Å². The summed E-state index contributed by atoms with van der Waals surface area (Å²) >= 11 is 0. The van der Waals surface area contributed by atoms with E-state index in [1.54, 1.807) is 6.07 Å². The molecule has 3 heteroatoms. The van der Waals surface area contributed by atoms with E-state index in [1.807, 2.05) is 12.1 Å². The molecule has 0 spiro atoms. The molecule has 0 unspecified atom stereocenters. The molecule has 1 aromatic rings. The topological polar surface area (TPSA) is 52.9 Å². The Morgan fingerprint density at radius 2 is 2.07 bits per heavy atom. The van der Waals surface area contributed by atoms with Crippen molar-refractivity contribution in [2.24, 2.45) is 0 Å². The van der Waals surface area contributed by atoms with E-state index in [4.69, 9.17) is 5.26 Å². The van der Waals surface area contributed by atoms with Crippen molar-refractivity contribution in [2.45, 2.75) is 26.2 Å². The summed E-state index contributed by atoms with van der Waals surface area (Å²) in [5.41, 5.74) is 2.14. The molecule has 1 rings (SSSR count). The predicted octanol–water partition coefficient (Wildman–Crippen LogP) is 2.42. The van der Waals surface area contributed by atoms with Gasteiger partial charge < -0.3 is 5.32 Å². The third-order valence-corrected chi connectivity index (χ3v) is 2.22. The van der Waals surface area contributed by atoms with E-state index in [2.05, 4.69) is 32.2 Å². The zero-order valence-electron chi connectivity index (χ0n) is 9.16. The van der Waals surface area contributed by atoms with Crippen LogP contribution in [-0.4, -0.2) is 6.41 Å². The number of carbonyl (C=O) groups excluding carboxylic acids is 1. The van der Waals surface area contributed by atoms with Crippen LogP contribution in [0.1, 0.15) is 31.9 Å². The molecule has 0 saturated carbocycles. The number of nitriles is 1. The normalized spacial score (nSPS) is 10.5. The number of hydrogen-bond donors (Lipinski definition) is 1. The molecule has 1 N–H and O–H groups in total. The van der Waals surface area contributed by atoms with Crippen molar-refractivity contribution in [3.8, 4) is 6.07 Å². The van der Waals surface area contributed by atoms with Gasteiger partial charge in [-0.1, -0.05) is 26.8 Å². The molecule has 0 aliphatic heterocycles. The van der Waals surface area contributed by atoms with Crippen LogP contribution in [0.4, 0.5) is 5.69 Å². The first-order valence-electron chi connectivity index (χ1n) is 4.74. The van der Waals surface area contributed by atoms with Crippen LogP contribution in [0.25, 0.3) is 0 Å². The van der Waals surface area contributed by atoms with Crippen molar-refractivity contribution in [1.82, 2.24) is 0 Å². The minimum absolute atomic E-state index is 0.00527. The van der Waals surface area contributed by atoms with Crippen LogP contribution >= 0.6 is 0 Å². The van der Waals surface area contributed by atoms with E-state index < -0.39 is 0 Å². The van der Waals surface area contributed by atoms with Crippen LogP contribution < -0.4 is 5.32 Å². The van der Waals surface area contributed by atoms with E-state index >= 15 is 0 Å². The zero-order chi connectivity index (χ0) is 11.5. The van der Waals surface area contributed by atoms with Crippen LogP contribution in [-0.2, 0) is 10.2 Å². The van der Waals surface area contributed by atoms with Gasteiger partial charge in [0.2, 0.25) is 6.41 Å². The SMILES string of the molecule is CC(C)(C)c1ccc(NC=O)c(C#N)c1. The van der Waals surface area contributed by atoms with Gasteiger partial charge in [-0.3, -0.25) is 4.79 Å². The molecule has 1 amide bonds. The second kappa shape index (κ2) is 4.14. The molecular weight excluding hydrogens is 188 g/mol. The lowest BCUT2D eigenvalue weighted by Crippen LogP contribution is -2.11. The number of hydrogen-bond acceptors (Lipinski definition) is 2. The first-order valence-corrected chi connectivity index (χ1v) is 4.74. The summed E-state index contributed by atoms with van der Waals surface area (Å²) in [7, 11) is 0. The summed E-state index contributed by atoms with van der Waals surface area (Å²) in [4.78, 5) is 10.3. The number of amides is 1. The fourth-order valence-electron chi connectivity index (χ4n) is 1.29. The highest BCUT2D eigenvalue weighted by Gasteiger charge is 2.15. The molecule has 78 valence electrons. The summed E-state index contributed by atoms with van der Waals surface area (Å²) in [6, 6.07) is 7.56. The molecule has 0 saturated heterocycles. The van der Waals surface area contributed by atoms with Crippen LogP contribution in [0.15, 0.2) is 18.2 Å². The number of benzene rings is 1. The van der Waals surface area contributed by atoms with Crippen molar-refractivity contribution >= 4 is 12.1 Å². The first-order chi connectivity index (χ1) is 6.99. The lowest BCUT2D eigenvalue weighted by atomic mass is 9.86. The van der Waals surface area contributed by atoms with Gasteiger partial charge >= 0.3 is 0 Å². The summed E-state index contributed by atoms with van der Waals surface area (Å²) < 4.78 is 0. The Morgan fingerprint density at radius 3 is 2.53 bits per heavy atom. The second-order valence-electron chi connectivity index (χ2n) is 4.38. The molecule has 0 heterocycles. The molecule has 0 radical (unpaired) electrons. The van der Waals surface area contributed by atoms with E-state index in [-0.39, 0.29) is 5.41 Å². The van der Waals surface area contributed by atoms with Gasteiger partial charge in [0.25, 0.3) is 0 Å². The van der Waals surface area contributed by atoms with Gasteiger partial charge in [0.1, 0.15) is 6.07 Å². The maximum Gasteiger partial charge on any atom is 0.211 e. The quantitative estimate of drug-likeness (QED) is 0.749. The Kier molecular flexibility index (Phi) is 3.11. The number of anilines is 1. The highest BCUT2D eigenvalue weighted by atomic mass is 16.1. The Labute approximate surface area is 89.7 Å². The molecule has 0 bridgehead atoms. The average molecular weight is 202 g/mol. The van der Waals surface area contributed by atoms with Crippen molar-refractivity contribution in [1.29, 1.82) is 5.26 Å². The Morgan fingerprint density at radius 1 is 1.40 bits per heavy atom. The van der Waals surface area contributed by atoms with Gasteiger partial charge in [-0.2, -0.15) is 5.26 Å². The summed E-state index contributed by atoms with van der Waals surface area (Å²) in [5.74, 6) is 0. The molecule has 0 aromatic heterocycles. The van der Waals surface area contributed by atoms with Crippen molar-refractivity contribution in [2.75, 3.05) is 5.32 Å². The third-order valence-electron chi connectivity index (χ3n) is 2.22. The largest absolute Gasteiger partial charge is 0.328 e. The molecule has 3 nitrogen and oxygen atoms in total. The molecule has 0 aliphatic carbocycles. The van der Waals surface area contributed by atoms with Crippen molar-refractivity contribution in [3.05, 3.63) is 29.3 Å². The highest BCUT2D eigenvalue weighted by molar-refractivity contribution is 5.75. The van der Waals surface area contributed by atoms with E-state index in [1.165, 1.54) is 0 Å². The summed E-state index contributed by atoms with van der Waals surface area (Å²) in [5, 5.41) is 11.4. The molecule has 0 aliphatic rings. The Balaban J connectivity index is 3.20. The molecule has 0 fully saturated rings. The van der Waals surface area contributed by atoms with Gasteiger partial charge in [-0.25, -0.2) is 0 Å². The monoisotopic (exact) mass is 202 g/mol. The molecular formula is C12H14N2O. The standard InChI is InChI=1S/C12H14N2O/c1-12(2,3)10-4-5-11(14-8-15)9(6-10)7-13/h4-6,8H,1-3H3,(H,14,15). The Hall–Kier alpha value is -1.82. The van der Waals surface area contributed by atoms with Gasteiger partial charge in [-0.05, 0) is 23.1 Å². The van der Waals surface area contributed by atoms with Gasteiger partial charge in [0.15, 0.2) is 0 Å².